The van der Waals surface area contributed by atoms with E-state index in [4.69, 9.17) is 0 Å². The lowest BCUT2D eigenvalue weighted by Crippen LogP contribution is -2.34. The molecule has 1 N–H and O–H groups in total. The molecule has 0 saturated carbocycles. The van der Waals surface area contributed by atoms with Gasteiger partial charge in [-0.3, -0.25) is 0 Å². The molecule has 1 aliphatic rings. The molecule has 2 aromatic carbocycles. The van der Waals surface area contributed by atoms with Crippen LogP contribution in [-0.2, 0) is 10.8 Å². The zero-order valence-electron chi connectivity index (χ0n) is 16.4. The van der Waals surface area contributed by atoms with Crippen molar-refractivity contribution in [1.29, 1.82) is 0 Å². The second kappa shape index (κ2) is 6.42. The van der Waals surface area contributed by atoms with Crippen molar-refractivity contribution in [3.8, 4) is 0 Å². The van der Waals surface area contributed by atoms with Gasteiger partial charge in [-0.2, -0.15) is 0 Å². The number of hydrogen-bond acceptors (Lipinski definition) is 1. The smallest absolute Gasteiger partial charge is 0.336 e. The molecule has 0 heterocycles. The number of hydrogen-bond donors (Lipinski definition) is 1. The summed E-state index contributed by atoms with van der Waals surface area (Å²) in [5.74, 6) is -0.893. The maximum atomic E-state index is 11.4. The Hall–Kier alpha value is -2.35. The van der Waals surface area contributed by atoms with Gasteiger partial charge in [0.05, 0.1) is 5.56 Å². The summed E-state index contributed by atoms with van der Waals surface area (Å²) in [5.41, 5.74) is 6.71. The predicted molar refractivity (Wildman–Crippen MR) is 109 cm³/mol. The lowest BCUT2D eigenvalue weighted by Gasteiger charge is -2.42. The standard InChI is InChI=1S/C24H28O2/c1-16-14-20-21(24(4,5)13-12-23(20,2)3)15-18(16)11-10-17-8-6-7-9-19(17)22(25)26/h6-11,14-15H,12-13H2,1-5H3,(H,25,26). The molecule has 0 amide bonds. The van der Waals surface area contributed by atoms with Gasteiger partial charge in [-0.15, -0.1) is 0 Å². The first-order valence-electron chi connectivity index (χ1n) is 9.28. The molecule has 136 valence electrons. The van der Waals surface area contributed by atoms with Crippen molar-refractivity contribution in [2.24, 2.45) is 0 Å². The lowest BCUT2D eigenvalue weighted by atomic mass is 9.62. The molecule has 0 aromatic heterocycles. The van der Waals surface area contributed by atoms with Gasteiger partial charge in [0.15, 0.2) is 0 Å². The molecular weight excluding hydrogens is 320 g/mol. The maximum Gasteiger partial charge on any atom is 0.336 e. The summed E-state index contributed by atoms with van der Waals surface area (Å²) in [4.78, 5) is 11.4. The zero-order chi connectivity index (χ0) is 19.1. The highest BCUT2D eigenvalue weighted by Gasteiger charge is 2.37. The Balaban J connectivity index is 2.07. The van der Waals surface area contributed by atoms with Crippen molar-refractivity contribution in [3.05, 3.63) is 69.8 Å². The highest BCUT2D eigenvalue weighted by molar-refractivity contribution is 5.93. The van der Waals surface area contributed by atoms with Crippen LogP contribution < -0.4 is 0 Å². The van der Waals surface area contributed by atoms with Gasteiger partial charge < -0.3 is 5.11 Å². The Morgan fingerprint density at radius 1 is 0.923 bits per heavy atom. The van der Waals surface area contributed by atoms with Gasteiger partial charge in [0.25, 0.3) is 0 Å². The van der Waals surface area contributed by atoms with E-state index in [9.17, 15) is 9.90 Å². The van der Waals surface area contributed by atoms with Gasteiger partial charge in [-0.1, -0.05) is 70.2 Å². The molecule has 0 unspecified atom stereocenters. The summed E-state index contributed by atoms with van der Waals surface area (Å²) >= 11 is 0. The Kier molecular flexibility index (Phi) is 4.56. The molecule has 0 fully saturated rings. The Morgan fingerprint density at radius 3 is 2.08 bits per heavy atom. The fourth-order valence-corrected chi connectivity index (χ4v) is 3.94. The molecule has 3 rings (SSSR count). The minimum atomic E-state index is -0.893. The summed E-state index contributed by atoms with van der Waals surface area (Å²) in [7, 11) is 0. The molecule has 26 heavy (non-hydrogen) atoms. The zero-order valence-corrected chi connectivity index (χ0v) is 16.4. The van der Waals surface area contributed by atoms with E-state index in [2.05, 4.69) is 52.8 Å². The normalized spacial score (nSPS) is 17.9. The Morgan fingerprint density at radius 2 is 1.46 bits per heavy atom. The van der Waals surface area contributed by atoms with E-state index in [1.165, 1.54) is 29.5 Å². The summed E-state index contributed by atoms with van der Waals surface area (Å²) < 4.78 is 0. The second-order valence-corrected chi connectivity index (χ2v) is 8.75. The minimum absolute atomic E-state index is 0.167. The topological polar surface area (TPSA) is 37.3 Å². The van der Waals surface area contributed by atoms with E-state index in [1.807, 2.05) is 18.2 Å². The van der Waals surface area contributed by atoms with E-state index < -0.39 is 5.97 Å². The van der Waals surface area contributed by atoms with Crippen LogP contribution in [0.3, 0.4) is 0 Å². The fraction of sp³-hybridized carbons (Fsp3) is 0.375. The molecule has 2 nitrogen and oxygen atoms in total. The maximum absolute atomic E-state index is 11.4. The van der Waals surface area contributed by atoms with Crippen molar-refractivity contribution in [2.45, 2.75) is 58.3 Å². The van der Waals surface area contributed by atoms with Gasteiger partial charge in [0, 0.05) is 0 Å². The van der Waals surface area contributed by atoms with Crippen LogP contribution in [0.5, 0.6) is 0 Å². The molecule has 2 aromatic rings. The van der Waals surface area contributed by atoms with E-state index in [0.717, 1.165) is 11.1 Å². The molecule has 2 heteroatoms. The van der Waals surface area contributed by atoms with Gasteiger partial charge in [0.1, 0.15) is 0 Å². The number of aryl methyl sites for hydroxylation is 1. The van der Waals surface area contributed by atoms with E-state index in [0.29, 0.717) is 5.56 Å². The van der Waals surface area contributed by atoms with Gasteiger partial charge in [-0.05, 0) is 64.5 Å². The molecule has 0 bridgehead atoms. The number of carboxylic acids is 1. The quantitative estimate of drug-likeness (QED) is 0.669. The van der Waals surface area contributed by atoms with E-state index in [1.54, 1.807) is 12.1 Å². The van der Waals surface area contributed by atoms with E-state index >= 15 is 0 Å². The van der Waals surface area contributed by atoms with Gasteiger partial charge in [-0.25, -0.2) is 4.79 Å². The first-order chi connectivity index (χ1) is 12.1. The Bertz CT molecular complexity index is 885. The summed E-state index contributed by atoms with van der Waals surface area (Å²) in [6.45, 7) is 11.5. The number of carboxylic acid groups (broad SMARTS) is 1. The number of carbonyl (C=O) groups is 1. The van der Waals surface area contributed by atoms with Crippen LogP contribution in [0.4, 0.5) is 0 Å². The summed E-state index contributed by atoms with van der Waals surface area (Å²) in [6.07, 6.45) is 6.35. The third-order valence-corrected chi connectivity index (χ3v) is 5.87. The largest absolute Gasteiger partial charge is 0.478 e. The van der Waals surface area contributed by atoms with Crippen LogP contribution in [0, 0.1) is 6.92 Å². The molecule has 0 spiro atoms. The van der Waals surface area contributed by atoms with Crippen LogP contribution in [-0.4, -0.2) is 11.1 Å². The monoisotopic (exact) mass is 348 g/mol. The number of benzene rings is 2. The molecule has 0 radical (unpaired) electrons. The van der Waals surface area contributed by atoms with Crippen molar-refractivity contribution >= 4 is 18.1 Å². The molecular formula is C24H28O2. The van der Waals surface area contributed by atoms with Gasteiger partial charge >= 0.3 is 5.97 Å². The van der Waals surface area contributed by atoms with Crippen LogP contribution in [0.2, 0.25) is 0 Å². The van der Waals surface area contributed by atoms with Gasteiger partial charge in [0.2, 0.25) is 0 Å². The highest BCUT2D eigenvalue weighted by atomic mass is 16.4. The molecule has 0 saturated heterocycles. The SMILES string of the molecule is Cc1cc2c(cc1C=Cc1ccccc1C(=O)O)C(C)(C)CCC2(C)C. The average molecular weight is 348 g/mol. The highest BCUT2D eigenvalue weighted by Crippen LogP contribution is 2.46. The predicted octanol–water partition coefficient (Wildman–Crippen LogP) is 6.21. The fourth-order valence-electron chi connectivity index (χ4n) is 3.94. The van der Waals surface area contributed by atoms with Crippen LogP contribution >= 0.6 is 0 Å². The molecule has 0 atom stereocenters. The number of aromatic carboxylic acids is 1. The third kappa shape index (κ3) is 3.33. The van der Waals surface area contributed by atoms with Crippen molar-refractivity contribution in [3.63, 3.8) is 0 Å². The molecule has 0 aliphatic heterocycles. The summed E-state index contributed by atoms with van der Waals surface area (Å²) in [5, 5.41) is 9.37. The molecule has 1 aliphatic carbocycles. The second-order valence-electron chi connectivity index (χ2n) is 8.75. The number of fused-ring (bicyclic) bond motifs is 1. The van der Waals surface area contributed by atoms with Crippen molar-refractivity contribution in [1.82, 2.24) is 0 Å². The number of rotatable bonds is 3. The van der Waals surface area contributed by atoms with Crippen molar-refractivity contribution in [2.75, 3.05) is 0 Å². The van der Waals surface area contributed by atoms with E-state index in [-0.39, 0.29) is 10.8 Å². The van der Waals surface area contributed by atoms with Crippen LogP contribution in [0.25, 0.3) is 12.2 Å². The first kappa shape index (κ1) is 18.4. The minimum Gasteiger partial charge on any atom is -0.478 e. The summed E-state index contributed by atoms with van der Waals surface area (Å²) in [6, 6.07) is 11.8. The average Bonchev–Trinajstić information content (AvgIpc) is 2.58. The third-order valence-electron chi connectivity index (χ3n) is 5.87. The van der Waals surface area contributed by atoms with Crippen LogP contribution in [0.1, 0.15) is 78.7 Å². The Labute approximate surface area is 156 Å². The van der Waals surface area contributed by atoms with Crippen molar-refractivity contribution < 1.29 is 9.90 Å². The first-order valence-corrected chi connectivity index (χ1v) is 9.28. The van der Waals surface area contributed by atoms with Crippen LogP contribution in [0.15, 0.2) is 36.4 Å². The lowest BCUT2D eigenvalue weighted by molar-refractivity contribution is 0.0696.